The topological polar surface area (TPSA) is 79.6 Å². The first-order chi connectivity index (χ1) is 11.0. The standard InChI is InChI=1S/C16H18N4O3/c1-18(2)16(21)14-4-3-9-19(14)15-8-5-11-10-12(20(22)23)6-7-13(11)17-15/h5-8,10,14H,3-4,9H2,1-2H3/t14-/m1/s1. The summed E-state index contributed by atoms with van der Waals surface area (Å²) in [5.41, 5.74) is 0.741. The minimum atomic E-state index is -0.417. The molecule has 1 aromatic carbocycles. The normalized spacial score (nSPS) is 17.5. The number of carbonyl (C=O) groups excluding carboxylic acids is 1. The summed E-state index contributed by atoms with van der Waals surface area (Å²) in [6.07, 6.45) is 1.77. The monoisotopic (exact) mass is 314 g/mol. The number of hydrogen-bond donors (Lipinski definition) is 0. The smallest absolute Gasteiger partial charge is 0.270 e. The summed E-state index contributed by atoms with van der Waals surface area (Å²) in [5, 5.41) is 11.6. The van der Waals surface area contributed by atoms with Crippen molar-refractivity contribution in [3.05, 3.63) is 40.4 Å². The number of hydrogen-bond acceptors (Lipinski definition) is 5. The van der Waals surface area contributed by atoms with Crippen LogP contribution in [0.5, 0.6) is 0 Å². The Labute approximate surface area is 133 Å². The minimum Gasteiger partial charge on any atom is -0.347 e. The van der Waals surface area contributed by atoms with Crippen LogP contribution in [-0.2, 0) is 4.79 Å². The molecule has 1 amide bonds. The van der Waals surface area contributed by atoms with Crippen LogP contribution in [0.2, 0.25) is 0 Å². The van der Waals surface area contributed by atoms with Crippen molar-refractivity contribution in [1.29, 1.82) is 0 Å². The van der Waals surface area contributed by atoms with Gasteiger partial charge in [-0.3, -0.25) is 14.9 Å². The van der Waals surface area contributed by atoms with Gasteiger partial charge in [0.25, 0.3) is 5.69 Å². The van der Waals surface area contributed by atoms with Crippen LogP contribution in [0.3, 0.4) is 0 Å². The summed E-state index contributed by atoms with van der Waals surface area (Å²) >= 11 is 0. The first-order valence-electron chi connectivity index (χ1n) is 7.50. The lowest BCUT2D eigenvalue weighted by Crippen LogP contribution is -2.43. The molecule has 120 valence electrons. The zero-order valence-corrected chi connectivity index (χ0v) is 13.1. The van der Waals surface area contributed by atoms with Crippen LogP contribution >= 0.6 is 0 Å². The molecule has 0 radical (unpaired) electrons. The van der Waals surface area contributed by atoms with E-state index in [0.29, 0.717) is 5.52 Å². The lowest BCUT2D eigenvalue weighted by Gasteiger charge is -2.27. The number of likely N-dealkylation sites (N-methyl/N-ethyl adjacent to an activating group) is 1. The highest BCUT2D eigenvalue weighted by atomic mass is 16.6. The Morgan fingerprint density at radius 1 is 1.35 bits per heavy atom. The van der Waals surface area contributed by atoms with Crippen molar-refractivity contribution in [3.8, 4) is 0 Å². The molecule has 1 fully saturated rings. The number of aromatic nitrogens is 1. The predicted octanol–water partition coefficient (Wildman–Crippen LogP) is 2.20. The van der Waals surface area contributed by atoms with Crippen molar-refractivity contribution in [1.82, 2.24) is 9.88 Å². The number of nitro groups is 1. The predicted molar refractivity (Wildman–Crippen MR) is 87.5 cm³/mol. The molecule has 1 aliphatic heterocycles. The Kier molecular flexibility index (Phi) is 3.85. The maximum atomic E-state index is 12.3. The van der Waals surface area contributed by atoms with Gasteiger partial charge in [-0.05, 0) is 31.0 Å². The summed E-state index contributed by atoms with van der Waals surface area (Å²) in [5.74, 6) is 0.817. The number of carbonyl (C=O) groups is 1. The van der Waals surface area contributed by atoms with E-state index >= 15 is 0 Å². The van der Waals surface area contributed by atoms with Gasteiger partial charge in [-0.25, -0.2) is 4.98 Å². The molecule has 7 nitrogen and oxygen atoms in total. The van der Waals surface area contributed by atoms with Crippen molar-refractivity contribution >= 4 is 28.3 Å². The highest BCUT2D eigenvalue weighted by molar-refractivity contribution is 5.87. The third kappa shape index (κ3) is 2.81. The van der Waals surface area contributed by atoms with E-state index in [0.717, 1.165) is 30.6 Å². The molecule has 1 aliphatic rings. The van der Waals surface area contributed by atoms with Crippen molar-refractivity contribution in [2.75, 3.05) is 25.5 Å². The van der Waals surface area contributed by atoms with Gasteiger partial charge in [0.05, 0.1) is 10.4 Å². The van der Waals surface area contributed by atoms with E-state index in [1.807, 2.05) is 17.0 Å². The minimum absolute atomic E-state index is 0.0499. The molecule has 3 rings (SSSR count). The number of non-ortho nitro benzene ring substituents is 1. The van der Waals surface area contributed by atoms with Crippen LogP contribution in [0.1, 0.15) is 12.8 Å². The summed E-state index contributed by atoms with van der Waals surface area (Å²) in [4.78, 5) is 30.9. The zero-order chi connectivity index (χ0) is 16.6. The summed E-state index contributed by atoms with van der Waals surface area (Å²) in [7, 11) is 3.51. The maximum Gasteiger partial charge on any atom is 0.270 e. The van der Waals surface area contributed by atoms with Crippen LogP contribution < -0.4 is 4.90 Å². The average molecular weight is 314 g/mol. The van der Waals surface area contributed by atoms with Gasteiger partial charge in [-0.2, -0.15) is 0 Å². The number of nitrogens with zero attached hydrogens (tertiary/aromatic N) is 4. The number of benzene rings is 1. The number of pyridine rings is 1. The van der Waals surface area contributed by atoms with Crippen LogP contribution in [0.4, 0.5) is 11.5 Å². The Morgan fingerprint density at radius 3 is 2.83 bits per heavy atom. The number of nitro benzene ring substituents is 1. The van der Waals surface area contributed by atoms with Crippen molar-refractivity contribution in [2.24, 2.45) is 0 Å². The molecule has 0 unspecified atom stereocenters. The fraction of sp³-hybridized carbons (Fsp3) is 0.375. The number of fused-ring (bicyclic) bond motifs is 1. The van der Waals surface area contributed by atoms with Crippen LogP contribution in [0, 0.1) is 10.1 Å². The second kappa shape index (κ2) is 5.83. The fourth-order valence-electron chi connectivity index (χ4n) is 2.97. The highest BCUT2D eigenvalue weighted by Gasteiger charge is 2.32. The molecular weight excluding hydrogens is 296 g/mol. The number of anilines is 1. The molecular formula is C16H18N4O3. The molecule has 0 aliphatic carbocycles. The highest BCUT2D eigenvalue weighted by Crippen LogP contribution is 2.28. The first-order valence-corrected chi connectivity index (χ1v) is 7.50. The van der Waals surface area contributed by atoms with Gasteiger partial charge >= 0.3 is 0 Å². The Bertz CT molecular complexity index is 775. The zero-order valence-electron chi connectivity index (χ0n) is 13.1. The van der Waals surface area contributed by atoms with E-state index in [2.05, 4.69) is 4.98 Å². The largest absolute Gasteiger partial charge is 0.347 e. The molecule has 0 saturated carbocycles. The van der Waals surface area contributed by atoms with Gasteiger partial charge < -0.3 is 9.80 Å². The number of amides is 1. The third-order valence-corrected chi connectivity index (χ3v) is 4.14. The van der Waals surface area contributed by atoms with Gasteiger partial charge in [-0.1, -0.05) is 0 Å². The SMILES string of the molecule is CN(C)C(=O)[C@H]1CCCN1c1ccc2cc([N+](=O)[O-])ccc2n1. The van der Waals surface area contributed by atoms with Crippen LogP contribution in [-0.4, -0.2) is 47.4 Å². The van der Waals surface area contributed by atoms with Gasteiger partial charge in [0.1, 0.15) is 11.9 Å². The Hall–Kier alpha value is -2.70. The van der Waals surface area contributed by atoms with Crippen molar-refractivity contribution in [3.63, 3.8) is 0 Å². The number of rotatable bonds is 3. The molecule has 0 spiro atoms. The molecule has 2 aromatic rings. The summed E-state index contributed by atoms with van der Waals surface area (Å²) in [6, 6.07) is 8.07. The quantitative estimate of drug-likeness (QED) is 0.641. The molecule has 7 heteroatoms. The van der Waals surface area contributed by atoms with E-state index in [9.17, 15) is 14.9 Å². The van der Waals surface area contributed by atoms with E-state index in [1.165, 1.54) is 12.1 Å². The molecule has 23 heavy (non-hydrogen) atoms. The van der Waals surface area contributed by atoms with E-state index in [1.54, 1.807) is 25.1 Å². The molecule has 0 bridgehead atoms. The Balaban J connectivity index is 1.95. The van der Waals surface area contributed by atoms with Gasteiger partial charge in [0.2, 0.25) is 5.91 Å². The van der Waals surface area contributed by atoms with Gasteiger partial charge in [-0.15, -0.1) is 0 Å². The van der Waals surface area contributed by atoms with Crippen molar-refractivity contribution < 1.29 is 9.72 Å². The lowest BCUT2D eigenvalue weighted by atomic mass is 10.1. The van der Waals surface area contributed by atoms with Crippen molar-refractivity contribution in [2.45, 2.75) is 18.9 Å². The van der Waals surface area contributed by atoms with Gasteiger partial charge in [0, 0.05) is 38.2 Å². The van der Waals surface area contributed by atoms with Crippen LogP contribution in [0.15, 0.2) is 30.3 Å². The Morgan fingerprint density at radius 2 is 2.13 bits per heavy atom. The fourth-order valence-corrected chi connectivity index (χ4v) is 2.97. The molecule has 1 atom stereocenters. The summed E-state index contributed by atoms with van der Waals surface area (Å²) in [6.45, 7) is 0.787. The maximum absolute atomic E-state index is 12.3. The second-order valence-electron chi connectivity index (χ2n) is 5.89. The molecule has 1 saturated heterocycles. The van der Waals surface area contributed by atoms with Crippen LogP contribution in [0.25, 0.3) is 10.9 Å². The second-order valence-corrected chi connectivity index (χ2v) is 5.89. The first kappa shape index (κ1) is 15.2. The third-order valence-electron chi connectivity index (χ3n) is 4.14. The summed E-state index contributed by atoms with van der Waals surface area (Å²) < 4.78 is 0. The van der Waals surface area contributed by atoms with E-state index in [4.69, 9.17) is 0 Å². The van der Waals surface area contributed by atoms with E-state index in [-0.39, 0.29) is 17.6 Å². The molecule has 2 heterocycles. The molecule has 0 N–H and O–H groups in total. The van der Waals surface area contributed by atoms with Gasteiger partial charge in [0.15, 0.2) is 0 Å². The lowest BCUT2D eigenvalue weighted by molar-refractivity contribution is -0.384. The van der Waals surface area contributed by atoms with E-state index < -0.39 is 4.92 Å². The average Bonchev–Trinajstić information content (AvgIpc) is 3.02. The molecule has 1 aromatic heterocycles.